The van der Waals surface area contributed by atoms with Crippen molar-refractivity contribution in [2.75, 3.05) is 18.0 Å². The molecule has 2 aliphatic rings. The van der Waals surface area contributed by atoms with Crippen LogP contribution in [0.2, 0.25) is 0 Å². The fourth-order valence-electron chi connectivity index (χ4n) is 5.20. The molecule has 0 aliphatic carbocycles. The molecule has 2 amide bonds. The van der Waals surface area contributed by atoms with Crippen LogP contribution in [0.4, 0.5) is 14.5 Å². The van der Waals surface area contributed by atoms with Crippen LogP contribution in [-0.2, 0) is 26.2 Å². The Hall–Kier alpha value is -3.47. The lowest BCUT2D eigenvalue weighted by Crippen LogP contribution is -2.53. The Morgan fingerprint density at radius 1 is 0.816 bits per heavy atom. The van der Waals surface area contributed by atoms with Crippen molar-refractivity contribution in [3.63, 3.8) is 0 Å². The molecule has 7 nitrogen and oxygen atoms in total. The Kier molecular flexibility index (Phi) is 7.38. The molecule has 0 spiro atoms. The highest BCUT2D eigenvalue weighted by Crippen LogP contribution is 2.34. The van der Waals surface area contributed by atoms with Crippen molar-refractivity contribution in [2.45, 2.75) is 42.8 Å². The molecule has 1 atom stereocenters. The molecule has 0 saturated carbocycles. The predicted octanol–water partition coefficient (Wildman–Crippen LogP) is 3.95. The van der Waals surface area contributed by atoms with Crippen LogP contribution in [0, 0.1) is 11.6 Å². The number of carbonyl (C=O) groups is 2. The Labute approximate surface area is 220 Å². The van der Waals surface area contributed by atoms with Crippen molar-refractivity contribution in [1.29, 1.82) is 0 Å². The molecular weight excluding hydrogens is 512 g/mol. The van der Waals surface area contributed by atoms with Gasteiger partial charge in [-0.05, 0) is 66.9 Å². The quantitative estimate of drug-likeness (QED) is 0.425. The summed E-state index contributed by atoms with van der Waals surface area (Å²) >= 11 is 0. The maximum atomic E-state index is 13.9. The number of amides is 2. The second kappa shape index (κ2) is 10.7. The first kappa shape index (κ1) is 26.1. The Morgan fingerprint density at radius 2 is 1.39 bits per heavy atom. The number of imide groups is 1. The lowest BCUT2D eigenvalue weighted by atomic mass is 10.0. The third-order valence-electron chi connectivity index (χ3n) is 7.07. The highest BCUT2D eigenvalue weighted by atomic mass is 32.2. The van der Waals surface area contributed by atoms with Gasteiger partial charge in [0.1, 0.15) is 17.7 Å². The van der Waals surface area contributed by atoms with E-state index in [4.69, 9.17) is 0 Å². The zero-order chi connectivity index (χ0) is 26.9. The average Bonchev–Trinajstić information content (AvgIpc) is 3.19. The van der Waals surface area contributed by atoms with E-state index in [1.807, 2.05) is 30.3 Å². The third kappa shape index (κ3) is 5.24. The van der Waals surface area contributed by atoms with Gasteiger partial charge in [-0.1, -0.05) is 30.3 Å². The maximum absolute atomic E-state index is 13.9. The minimum Gasteiger partial charge on any atom is -0.299 e. The first-order valence-electron chi connectivity index (χ1n) is 12.4. The van der Waals surface area contributed by atoms with Crippen molar-refractivity contribution in [3.8, 4) is 0 Å². The van der Waals surface area contributed by atoms with Crippen LogP contribution in [-0.4, -0.2) is 54.6 Å². The van der Waals surface area contributed by atoms with E-state index in [9.17, 15) is 26.8 Å². The Morgan fingerprint density at radius 3 is 2.00 bits per heavy atom. The summed E-state index contributed by atoms with van der Waals surface area (Å²) in [6.45, 7) is 1.93. The first-order chi connectivity index (χ1) is 18.2. The normalized spacial score (nSPS) is 19.4. The van der Waals surface area contributed by atoms with Crippen LogP contribution in [0.1, 0.15) is 24.8 Å². The SMILES string of the molecule is O=C1CC(N(C2CCN(Cc3ccccc3)CC2)S(=O)(=O)c2ccc(F)cc2)C(=O)N1c1ccc(F)cc1. The van der Waals surface area contributed by atoms with Gasteiger partial charge in [0.15, 0.2) is 0 Å². The Balaban J connectivity index is 1.43. The molecule has 1 unspecified atom stereocenters. The molecule has 0 radical (unpaired) electrons. The van der Waals surface area contributed by atoms with Crippen molar-refractivity contribution in [3.05, 3.63) is 96.1 Å². The van der Waals surface area contributed by atoms with E-state index in [2.05, 4.69) is 4.90 Å². The summed E-state index contributed by atoms with van der Waals surface area (Å²) in [6.07, 6.45) is 0.588. The molecule has 2 aliphatic heterocycles. The van der Waals surface area contributed by atoms with Gasteiger partial charge in [-0.15, -0.1) is 0 Å². The van der Waals surface area contributed by atoms with Crippen molar-refractivity contribution in [2.24, 2.45) is 0 Å². The first-order valence-corrected chi connectivity index (χ1v) is 13.9. The van der Waals surface area contributed by atoms with E-state index >= 15 is 0 Å². The van der Waals surface area contributed by atoms with Crippen molar-refractivity contribution >= 4 is 27.5 Å². The minimum atomic E-state index is -4.26. The van der Waals surface area contributed by atoms with E-state index in [-0.39, 0.29) is 17.0 Å². The Bertz CT molecular complexity index is 1410. The lowest BCUT2D eigenvalue weighted by Gasteiger charge is -2.39. The number of likely N-dealkylation sites (tertiary alicyclic amines) is 1. The number of halogens is 2. The van der Waals surface area contributed by atoms with Crippen LogP contribution in [0.25, 0.3) is 0 Å². The molecular formula is C28H27F2N3O4S. The molecule has 10 heteroatoms. The van der Waals surface area contributed by atoms with Gasteiger partial charge in [0.05, 0.1) is 17.0 Å². The van der Waals surface area contributed by atoms with Gasteiger partial charge < -0.3 is 0 Å². The fourth-order valence-corrected chi connectivity index (χ4v) is 7.02. The molecule has 0 bridgehead atoms. The summed E-state index contributed by atoms with van der Waals surface area (Å²) in [7, 11) is -4.26. The largest absolute Gasteiger partial charge is 0.299 e. The molecule has 3 aromatic carbocycles. The van der Waals surface area contributed by atoms with Crippen LogP contribution in [0.3, 0.4) is 0 Å². The van der Waals surface area contributed by atoms with E-state index in [0.29, 0.717) is 25.9 Å². The number of rotatable bonds is 7. The van der Waals surface area contributed by atoms with Gasteiger partial charge in [-0.25, -0.2) is 22.1 Å². The number of piperidine rings is 1. The smallest absolute Gasteiger partial charge is 0.252 e. The van der Waals surface area contributed by atoms with E-state index < -0.39 is 45.6 Å². The van der Waals surface area contributed by atoms with E-state index in [1.54, 1.807) is 0 Å². The molecule has 5 rings (SSSR count). The number of anilines is 1. The summed E-state index contributed by atoms with van der Waals surface area (Å²) in [5, 5.41) is 0. The van der Waals surface area contributed by atoms with Crippen LogP contribution >= 0.6 is 0 Å². The summed E-state index contributed by atoms with van der Waals surface area (Å²) in [6, 6.07) is 17.5. The lowest BCUT2D eigenvalue weighted by molar-refractivity contribution is -0.122. The molecule has 3 aromatic rings. The van der Waals surface area contributed by atoms with Gasteiger partial charge >= 0.3 is 0 Å². The molecule has 38 heavy (non-hydrogen) atoms. The monoisotopic (exact) mass is 539 g/mol. The summed E-state index contributed by atoms with van der Waals surface area (Å²) in [5.74, 6) is -2.35. The molecule has 198 valence electrons. The summed E-state index contributed by atoms with van der Waals surface area (Å²) in [4.78, 5) is 29.5. The zero-order valence-electron chi connectivity index (χ0n) is 20.5. The molecule has 2 saturated heterocycles. The molecule has 0 aromatic heterocycles. The number of carbonyl (C=O) groups excluding carboxylic acids is 2. The van der Waals surface area contributed by atoms with Gasteiger partial charge in [0, 0.05) is 25.7 Å². The standard InChI is InChI=1S/C28H27F2N3O4S/c29-21-6-10-23(11-7-21)32-27(34)18-26(28(32)35)33(38(36,37)25-12-8-22(30)9-13-25)24-14-16-31(17-15-24)19-20-4-2-1-3-5-20/h1-13,24,26H,14-19H2. The zero-order valence-corrected chi connectivity index (χ0v) is 21.4. The highest BCUT2D eigenvalue weighted by Gasteiger charge is 2.49. The number of nitrogens with zero attached hydrogens (tertiary/aromatic N) is 3. The van der Waals surface area contributed by atoms with Crippen molar-refractivity contribution < 1.29 is 26.8 Å². The average molecular weight is 540 g/mol. The van der Waals surface area contributed by atoms with Crippen LogP contribution in [0.15, 0.2) is 83.8 Å². The minimum absolute atomic E-state index is 0.147. The highest BCUT2D eigenvalue weighted by molar-refractivity contribution is 7.89. The van der Waals surface area contributed by atoms with E-state index in [0.717, 1.165) is 45.6 Å². The summed E-state index contributed by atoms with van der Waals surface area (Å²) < 4.78 is 56.0. The molecule has 2 heterocycles. The maximum Gasteiger partial charge on any atom is 0.252 e. The third-order valence-corrected chi connectivity index (χ3v) is 9.05. The van der Waals surface area contributed by atoms with Gasteiger partial charge in [-0.3, -0.25) is 14.5 Å². The number of sulfonamides is 1. The van der Waals surface area contributed by atoms with Gasteiger partial charge in [0.2, 0.25) is 15.9 Å². The second-order valence-corrected chi connectivity index (χ2v) is 11.4. The fraction of sp³-hybridized carbons (Fsp3) is 0.286. The predicted molar refractivity (Wildman–Crippen MR) is 137 cm³/mol. The van der Waals surface area contributed by atoms with Gasteiger partial charge in [-0.2, -0.15) is 4.31 Å². The summed E-state index contributed by atoms with van der Waals surface area (Å²) in [5.41, 5.74) is 1.33. The molecule has 2 fully saturated rings. The number of benzene rings is 3. The van der Waals surface area contributed by atoms with Crippen molar-refractivity contribution in [1.82, 2.24) is 9.21 Å². The molecule has 0 N–H and O–H groups in total. The van der Waals surface area contributed by atoms with E-state index in [1.165, 1.54) is 24.3 Å². The number of hydrogen-bond acceptors (Lipinski definition) is 5. The second-order valence-electron chi connectivity index (χ2n) is 9.55. The number of hydrogen-bond donors (Lipinski definition) is 0. The van der Waals surface area contributed by atoms with Crippen LogP contribution in [0.5, 0.6) is 0 Å². The van der Waals surface area contributed by atoms with Gasteiger partial charge in [0.25, 0.3) is 5.91 Å². The van der Waals surface area contributed by atoms with Crippen LogP contribution < -0.4 is 4.90 Å². The topological polar surface area (TPSA) is 78.0 Å².